The quantitative estimate of drug-likeness (QED) is 0.480. The highest BCUT2D eigenvalue weighted by atomic mass is 16.5. The van der Waals surface area contributed by atoms with Gasteiger partial charge in [-0.25, -0.2) is 4.99 Å². The van der Waals surface area contributed by atoms with Gasteiger partial charge in [0.25, 0.3) is 0 Å². The van der Waals surface area contributed by atoms with Gasteiger partial charge in [-0.05, 0) is 39.3 Å². The van der Waals surface area contributed by atoms with E-state index in [0.717, 1.165) is 65.8 Å². The SMILES string of the molecule is CCNC(=NCc1cc2c(cc1OCC)CC(C)O2)NCc1c(CC)noc1CC. The Kier molecular flexibility index (Phi) is 7.60. The minimum absolute atomic E-state index is 0.205. The predicted molar refractivity (Wildman–Crippen MR) is 118 cm³/mol. The summed E-state index contributed by atoms with van der Waals surface area (Å²) in [7, 11) is 0. The summed E-state index contributed by atoms with van der Waals surface area (Å²) in [5.41, 5.74) is 4.35. The number of benzene rings is 1. The second-order valence-corrected chi connectivity index (χ2v) is 7.42. The molecular formula is C23H34N4O3. The summed E-state index contributed by atoms with van der Waals surface area (Å²) < 4.78 is 17.3. The number of aromatic nitrogens is 1. The van der Waals surface area contributed by atoms with Crippen LogP contribution in [-0.4, -0.2) is 30.4 Å². The number of hydrogen-bond acceptors (Lipinski definition) is 5. The molecule has 0 saturated carbocycles. The summed E-state index contributed by atoms with van der Waals surface area (Å²) in [6.45, 7) is 12.8. The summed E-state index contributed by atoms with van der Waals surface area (Å²) in [5.74, 6) is 3.51. The molecule has 2 heterocycles. The van der Waals surface area contributed by atoms with Crippen LogP contribution in [0.15, 0.2) is 21.6 Å². The van der Waals surface area contributed by atoms with Crippen molar-refractivity contribution in [2.45, 2.75) is 73.1 Å². The fourth-order valence-electron chi connectivity index (χ4n) is 3.71. The average molecular weight is 415 g/mol. The normalized spacial score (nSPS) is 15.6. The molecule has 0 saturated heterocycles. The van der Waals surface area contributed by atoms with Crippen molar-refractivity contribution in [1.29, 1.82) is 0 Å². The Labute approximate surface area is 179 Å². The molecule has 1 aromatic heterocycles. The molecule has 0 amide bonds. The van der Waals surface area contributed by atoms with E-state index in [0.29, 0.717) is 19.7 Å². The maximum Gasteiger partial charge on any atom is 0.191 e. The zero-order valence-electron chi connectivity index (χ0n) is 18.8. The van der Waals surface area contributed by atoms with Crippen molar-refractivity contribution in [3.05, 3.63) is 40.3 Å². The van der Waals surface area contributed by atoms with E-state index in [1.165, 1.54) is 5.56 Å². The van der Waals surface area contributed by atoms with Gasteiger partial charge in [0.1, 0.15) is 23.4 Å². The van der Waals surface area contributed by atoms with Crippen molar-refractivity contribution >= 4 is 5.96 Å². The molecule has 1 aliphatic rings. The van der Waals surface area contributed by atoms with Gasteiger partial charge >= 0.3 is 0 Å². The third-order valence-electron chi connectivity index (χ3n) is 5.17. The van der Waals surface area contributed by atoms with Crippen molar-refractivity contribution in [3.8, 4) is 11.5 Å². The van der Waals surface area contributed by atoms with Crippen molar-refractivity contribution < 1.29 is 14.0 Å². The van der Waals surface area contributed by atoms with Crippen LogP contribution in [0.25, 0.3) is 0 Å². The Morgan fingerprint density at radius 3 is 2.73 bits per heavy atom. The largest absolute Gasteiger partial charge is 0.494 e. The van der Waals surface area contributed by atoms with Crippen LogP contribution >= 0.6 is 0 Å². The molecule has 2 N–H and O–H groups in total. The first-order chi connectivity index (χ1) is 14.6. The number of aliphatic imine (C=N–C) groups is 1. The molecule has 7 heteroatoms. The lowest BCUT2D eigenvalue weighted by molar-refractivity contribution is 0.254. The van der Waals surface area contributed by atoms with E-state index in [1.807, 2.05) is 6.92 Å². The van der Waals surface area contributed by atoms with Crippen LogP contribution in [0, 0.1) is 0 Å². The van der Waals surface area contributed by atoms with Crippen LogP contribution < -0.4 is 20.1 Å². The van der Waals surface area contributed by atoms with Crippen LogP contribution in [0.2, 0.25) is 0 Å². The van der Waals surface area contributed by atoms with Crippen LogP contribution in [-0.2, 0) is 32.4 Å². The molecule has 1 unspecified atom stereocenters. The minimum atomic E-state index is 0.205. The Morgan fingerprint density at radius 1 is 1.20 bits per heavy atom. The van der Waals surface area contributed by atoms with Gasteiger partial charge in [0.2, 0.25) is 0 Å². The summed E-state index contributed by atoms with van der Waals surface area (Å²) >= 11 is 0. The molecule has 0 aliphatic carbocycles. The summed E-state index contributed by atoms with van der Waals surface area (Å²) in [4.78, 5) is 4.79. The van der Waals surface area contributed by atoms with Crippen molar-refractivity contribution in [3.63, 3.8) is 0 Å². The third kappa shape index (κ3) is 5.07. The fourth-order valence-corrected chi connectivity index (χ4v) is 3.71. The van der Waals surface area contributed by atoms with Gasteiger partial charge < -0.3 is 24.6 Å². The Hall–Kier alpha value is -2.70. The monoisotopic (exact) mass is 414 g/mol. The van der Waals surface area contributed by atoms with Gasteiger partial charge in [0.05, 0.1) is 18.8 Å². The molecule has 0 spiro atoms. The molecule has 164 valence electrons. The highest BCUT2D eigenvalue weighted by Gasteiger charge is 2.22. The van der Waals surface area contributed by atoms with Crippen LogP contribution in [0.1, 0.15) is 62.8 Å². The van der Waals surface area contributed by atoms with E-state index >= 15 is 0 Å². The van der Waals surface area contributed by atoms with E-state index in [1.54, 1.807) is 0 Å². The minimum Gasteiger partial charge on any atom is -0.494 e. The number of nitrogens with one attached hydrogen (secondary N) is 2. The molecule has 7 nitrogen and oxygen atoms in total. The molecule has 1 atom stereocenters. The first kappa shape index (κ1) is 22.0. The molecule has 0 radical (unpaired) electrons. The lowest BCUT2D eigenvalue weighted by Crippen LogP contribution is -2.37. The zero-order valence-corrected chi connectivity index (χ0v) is 18.8. The second kappa shape index (κ2) is 10.4. The Balaban J connectivity index is 1.76. The molecule has 30 heavy (non-hydrogen) atoms. The molecule has 1 aliphatic heterocycles. The lowest BCUT2D eigenvalue weighted by Gasteiger charge is -2.14. The predicted octanol–water partition coefficient (Wildman–Crippen LogP) is 3.78. The topological polar surface area (TPSA) is 80.9 Å². The summed E-state index contributed by atoms with van der Waals surface area (Å²) in [6, 6.07) is 4.17. The van der Waals surface area contributed by atoms with Crippen molar-refractivity contribution in [2.75, 3.05) is 13.2 Å². The summed E-state index contributed by atoms with van der Waals surface area (Å²) in [6.07, 6.45) is 2.79. The maximum atomic E-state index is 5.93. The highest BCUT2D eigenvalue weighted by molar-refractivity contribution is 5.79. The fraction of sp³-hybridized carbons (Fsp3) is 0.565. The summed E-state index contributed by atoms with van der Waals surface area (Å²) in [5, 5.41) is 10.9. The highest BCUT2D eigenvalue weighted by Crippen LogP contribution is 2.35. The molecule has 2 aromatic rings. The Bertz CT molecular complexity index is 854. The van der Waals surface area contributed by atoms with Crippen molar-refractivity contribution in [2.24, 2.45) is 4.99 Å². The molecular weight excluding hydrogens is 380 g/mol. The smallest absolute Gasteiger partial charge is 0.191 e. The van der Waals surface area contributed by atoms with E-state index < -0.39 is 0 Å². The number of nitrogens with zero attached hydrogens (tertiary/aromatic N) is 2. The average Bonchev–Trinajstić information content (AvgIpc) is 3.31. The number of aryl methyl sites for hydroxylation is 2. The van der Waals surface area contributed by atoms with E-state index in [9.17, 15) is 0 Å². The van der Waals surface area contributed by atoms with Gasteiger partial charge in [-0.15, -0.1) is 0 Å². The van der Waals surface area contributed by atoms with E-state index in [-0.39, 0.29) is 6.10 Å². The molecule has 0 bridgehead atoms. The van der Waals surface area contributed by atoms with Crippen molar-refractivity contribution in [1.82, 2.24) is 15.8 Å². The lowest BCUT2D eigenvalue weighted by atomic mass is 10.1. The molecule has 1 aromatic carbocycles. The number of hydrogen-bond donors (Lipinski definition) is 2. The van der Waals surface area contributed by atoms with Crippen LogP contribution in [0.5, 0.6) is 11.5 Å². The van der Waals surface area contributed by atoms with Gasteiger partial charge in [0.15, 0.2) is 5.96 Å². The first-order valence-corrected chi connectivity index (χ1v) is 11.0. The van der Waals surface area contributed by atoms with Crippen LogP contribution in [0.4, 0.5) is 0 Å². The maximum absolute atomic E-state index is 5.93. The molecule has 0 fully saturated rings. The standard InChI is InChI=1S/C23H34N4O3/c1-6-19-18(20(7-2)30-27-19)14-26-23(24-8-3)25-13-17-12-22-16(10-15(5)29-22)11-21(17)28-9-4/h11-12,15H,6-10,13-14H2,1-5H3,(H2,24,25,26). The number of fused-ring (bicyclic) bond motifs is 1. The number of rotatable bonds is 9. The number of guanidine groups is 1. The zero-order chi connectivity index (χ0) is 21.5. The van der Waals surface area contributed by atoms with Gasteiger partial charge in [-0.1, -0.05) is 19.0 Å². The van der Waals surface area contributed by atoms with E-state index in [4.69, 9.17) is 19.0 Å². The second-order valence-electron chi connectivity index (χ2n) is 7.42. The van der Waals surface area contributed by atoms with Gasteiger partial charge in [-0.3, -0.25) is 0 Å². The first-order valence-electron chi connectivity index (χ1n) is 11.0. The van der Waals surface area contributed by atoms with Crippen LogP contribution in [0.3, 0.4) is 0 Å². The van der Waals surface area contributed by atoms with E-state index in [2.05, 4.69) is 55.6 Å². The van der Waals surface area contributed by atoms with Gasteiger partial charge in [-0.2, -0.15) is 0 Å². The third-order valence-corrected chi connectivity index (χ3v) is 5.17. The Morgan fingerprint density at radius 2 is 2.03 bits per heavy atom. The number of ether oxygens (including phenoxy) is 2. The van der Waals surface area contributed by atoms with Gasteiger partial charge in [0, 0.05) is 42.6 Å². The molecule has 3 rings (SSSR count).